The van der Waals surface area contributed by atoms with E-state index in [1.807, 2.05) is 0 Å². The summed E-state index contributed by atoms with van der Waals surface area (Å²) in [7, 11) is -3.01. The molecule has 3 N–H and O–H groups in total. The topological polar surface area (TPSA) is 87.8 Å². The van der Waals surface area contributed by atoms with Gasteiger partial charge >= 0.3 is 0 Å². The first-order valence-electron chi connectivity index (χ1n) is 5.42. The molecule has 0 atom stereocenters. The Morgan fingerprint density at radius 2 is 2.12 bits per heavy atom. The van der Waals surface area contributed by atoms with E-state index in [0.717, 1.165) is 13.0 Å². The molecule has 0 unspecified atom stereocenters. The number of hydrogen-bond acceptors (Lipinski definition) is 3. The normalized spacial score (nSPS) is 18.4. The molecule has 0 spiro atoms. The van der Waals surface area contributed by atoms with E-state index in [9.17, 15) is 8.42 Å². The van der Waals surface area contributed by atoms with E-state index in [1.165, 1.54) is 10.6 Å². The van der Waals surface area contributed by atoms with Crippen LogP contribution in [0, 0.1) is 5.92 Å². The smallest absolute Gasteiger partial charge is 0.211 e. The molecule has 1 fully saturated rings. The van der Waals surface area contributed by atoms with Crippen molar-refractivity contribution in [1.82, 2.24) is 9.62 Å². The second-order valence-corrected chi connectivity index (χ2v) is 6.08. The van der Waals surface area contributed by atoms with Crippen molar-refractivity contribution in [3.63, 3.8) is 0 Å². The Balaban J connectivity index is 0.00000256. The molecule has 17 heavy (non-hydrogen) atoms. The number of nitrogens with two attached hydrogens (primary N) is 1. The van der Waals surface area contributed by atoms with Crippen molar-refractivity contribution in [1.29, 1.82) is 0 Å². The van der Waals surface area contributed by atoms with E-state index < -0.39 is 10.0 Å². The number of aliphatic imine (C=N–C) groups is 1. The third-order valence-corrected chi connectivity index (χ3v) is 3.70. The first-order chi connectivity index (χ1) is 7.43. The molecular formula is C9H21IN4O2S. The molecule has 1 saturated heterocycles. The summed E-state index contributed by atoms with van der Waals surface area (Å²) in [6, 6.07) is 0. The largest absolute Gasteiger partial charge is 0.370 e. The highest BCUT2D eigenvalue weighted by Gasteiger charge is 2.32. The minimum absolute atomic E-state index is 0. The van der Waals surface area contributed by atoms with Crippen molar-refractivity contribution in [3.05, 3.63) is 0 Å². The molecule has 1 aliphatic rings. The third-order valence-electron chi connectivity index (χ3n) is 2.47. The Morgan fingerprint density at radius 1 is 1.53 bits per heavy atom. The Bertz CT molecular complexity index is 352. The summed E-state index contributed by atoms with van der Waals surface area (Å²) >= 11 is 0. The molecular weight excluding hydrogens is 355 g/mol. The predicted molar refractivity (Wildman–Crippen MR) is 80.1 cm³/mol. The van der Waals surface area contributed by atoms with Gasteiger partial charge < -0.3 is 11.1 Å². The van der Waals surface area contributed by atoms with Crippen molar-refractivity contribution in [3.8, 4) is 0 Å². The van der Waals surface area contributed by atoms with E-state index in [4.69, 9.17) is 5.73 Å². The molecule has 0 aromatic rings. The average molecular weight is 376 g/mol. The first kappa shape index (κ1) is 16.9. The molecule has 0 bridgehead atoms. The van der Waals surface area contributed by atoms with Crippen molar-refractivity contribution < 1.29 is 8.42 Å². The standard InChI is InChI=1S/C9H20N4O2S.HI/c1-3-4-11-9(10)12-5-8-6-13(7-8)16(2,14)15;/h8H,3-7H2,1-2H3,(H3,10,11,12);1H. The Morgan fingerprint density at radius 3 is 2.59 bits per heavy atom. The van der Waals surface area contributed by atoms with Gasteiger partial charge in [0.25, 0.3) is 0 Å². The fraction of sp³-hybridized carbons (Fsp3) is 0.889. The van der Waals surface area contributed by atoms with Gasteiger partial charge in [-0.1, -0.05) is 6.92 Å². The lowest BCUT2D eigenvalue weighted by Crippen LogP contribution is -2.50. The minimum atomic E-state index is -3.01. The van der Waals surface area contributed by atoms with Gasteiger partial charge in [0.15, 0.2) is 5.96 Å². The fourth-order valence-corrected chi connectivity index (χ4v) is 2.41. The maximum absolute atomic E-state index is 11.1. The quantitative estimate of drug-likeness (QED) is 0.396. The summed E-state index contributed by atoms with van der Waals surface area (Å²) in [5, 5.41) is 2.97. The van der Waals surface area contributed by atoms with E-state index in [0.29, 0.717) is 31.5 Å². The van der Waals surface area contributed by atoms with Gasteiger partial charge in [0.1, 0.15) is 0 Å². The second kappa shape index (κ2) is 7.37. The number of hydrogen-bond donors (Lipinski definition) is 2. The molecule has 1 rings (SSSR count). The zero-order valence-corrected chi connectivity index (χ0v) is 13.4. The van der Waals surface area contributed by atoms with Crippen molar-refractivity contribution in [2.24, 2.45) is 16.6 Å². The van der Waals surface area contributed by atoms with Crippen molar-refractivity contribution in [2.45, 2.75) is 13.3 Å². The van der Waals surface area contributed by atoms with Gasteiger partial charge in [-0.3, -0.25) is 4.99 Å². The van der Waals surface area contributed by atoms with Gasteiger partial charge in [-0.25, -0.2) is 12.7 Å². The average Bonchev–Trinajstić information content (AvgIpc) is 2.09. The van der Waals surface area contributed by atoms with Crippen LogP contribution in [0.5, 0.6) is 0 Å². The monoisotopic (exact) mass is 376 g/mol. The molecule has 0 radical (unpaired) electrons. The summed E-state index contributed by atoms with van der Waals surface area (Å²) < 4.78 is 23.6. The van der Waals surface area contributed by atoms with Crippen LogP contribution < -0.4 is 11.1 Å². The van der Waals surface area contributed by atoms with E-state index in [-0.39, 0.29) is 24.0 Å². The molecule has 0 aromatic heterocycles. The zero-order valence-electron chi connectivity index (χ0n) is 10.2. The van der Waals surface area contributed by atoms with Crippen LogP contribution in [0.25, 0.3) is 0 Å². The van der Waals surface area contributed by atoms with Crippen LogP contribution in [0.3, 0.4) is 0 Å². The van der Waals surface area contributed by atoms with Gasteiger partial charge in [0.2, 0.25) is 10.0 Å². The fourth-order valence-electron chi connectivity index (χ4n) is 1.45. The number of guanidine groups is 1. The zero-order chi connectivity index (χ0) is 12.2. The predicted octanol–water partition coefficient (Wildman–Crippen LogP) is -0.190. The maximum Gasteiger partial charge on any atom is 0.211 e. The molecule has 6 nitrogen and oxygen atoms in total. The number of nitrogens with one attached hydrogen (secondary N) is 1. The molecule has 0 aromatic carbocycles. The molecule has 102 valence electrons. The van der Waals surface area contributed by atoms with E-state index in [2.05, 4.69) is 17.2 Å². The molecule has 8 heteroatoms. The summed E-state index contributed by atoms with van der Waals surface area (Å²) in [6.07, 6.45) is 2.23. The summed E-state index contributed by atoms with van der Waals surface area (Å²) in [5.74, 6) is 0.747. The van der Waals surface area contributed by atoms with Gasteiger partial charge in [-0.15, -0.1) is 24.0 Å². The first-order valence-corrected chi connectivity index (χ1v) is 7.27. The van der Waals surface area contributed by atoms with Crippen LogP contribution in [0.1, 0.15) is 13.3 Å². The SMILES string of the molecule is CCCNC(N)=NCC1CN(S(C)(=O)=O)C1.I. The van der Waals surface area contributed by atoms with Crippen LogP contribution in [0.4, 0.5) is 0 Å². The molecule has 1 heterocycles. The maximum atomic E-state index is 11.1. The highest BCUT2D eigenvalue weighted by molar-refractivity contribution is 14.0. The number of halogens is 1. The number of nitrogens with zero attached hydrogens (tertiary/aromatic N) is 2. The van der Waals surface area contributed by atoms with Gasteiger partial charge in [-0.05, 0) is 6.42 Å². The molecule has 1 aliphatic heterocycles. The van der Waals surface area contributed by atoms with Gasteiger partial charge in [-0.2, -0.15) is 0 Å². The van der Waals surface area contributed by atoms with Crippen LogP contribution in [-0.2, 0) is 10.0 Å². The van der Waals surface area contributed by atoms with Crippen molar-refractivity contribution in [2.75, 3.05) is 32.4 Å². The highest BCUT2D eigenvalue weighted by Crippen LogP contribution is 2.18. The Labute approximate surface area is 120 Å². The van der Waals surface area contributed by atoms with Gasteiger partial charge in [0.05, 0.1) is 6.26 Å². The summed E-state index contributed by atoms with van der Waals surface area (Å²) in [5.41, 5.74) is 5.61. The van der Waals surface area contributed by atoms with Crippen LogP contribution in [-0.4, -0.2) is 51.1 Å². The van der Waals surface area contributed by atoms with E-state index >= 15 is 0 Å². The summed E-state index contributed by atoms with van der Waals surface area (Å²) in [4.78, 5) is 4.16. The lowest BCUT2D eigenvalue weighted by Gasteiger charge is -2.36. The Kier molecular flexibility index (Phi) is 7.33. The van der Waals surface area contributed by atoms with Crippen LogP contribution in [0.15, 0.2) is 4.99 Å². The Hall–Kier alpha value is -0.0900. The lowest BCUT2D eigenvalue weighted by atomic mass is 10.0. The minimum Gasteiger partial charge on any atom is -0.370 e. The second-order valence-electron chi connectivity index (χ2n) is 4.10. The van der Waals surface area contributed by atoms with Crippen molar-refractivity contribution >= 4 is 40.0 Å². The molecule has 0 saturated carbocycles. The summed E-state index contributed by atoms with van der Waals surface area (Å²) in [6.45, 7) is 4.58. The lowest BCUT2D eigenvalue weighted by molar-refractivity contribution is 0.209. The van der Waals surface area contributed by atoms with Crippen LogP contribution in [0.2, 0.25) is 0 Å². The number of sulfonamides is 1. The number of rotatable bonds is 5. The van der Waals surface area contributed by atoms with E-state index in [1.54, 1.807) is 0 Å². The third kappa shape index (κ3) is 5.87. The van der Waals surface area contributed by atoms with Gasteiger partial charge in [0, 0.05) is 32.1 Å². The molecule has 0 amide bonds. The molecule has 0 aliphatic carbocycles. The van der Waals surface area contributed by atoms with Crippen LogP contribution >= 0.6 is 24.0 Å². The highest BCUT2D eigenvalue weighted by atomic mass is 127.